The lowest BCUT2D eigenvalue weighted by molar-refractivity contribution is -0.231. The van der Waals surface area contributed by atoms with Crippen LogP contribution in [-0.2, 0) is 0 Å². The predicted molar refractivity (Wildman–Crippen MR) is 53.1 cm³/mol. The Labute approximate surface area is 81.0 Å². The highest BCUT2D eigenvalue weighted by atomic mass is 16.5. The monoisotopic (exact) mass is 186 g/mol. The molecule has 1 aliphatic carbocycles. The van der Waals surface area contributed by atoms with E-state index in [-0.39, 0.29) is 10.8 Å². The zero-order valence-electron chi connectivity index (χ0n) is 9.60. The maximum absolute atomic E-state index is 9.95. The predicted octanol–water partition coefficient (Wildman–Crippen LogP) is 2.15. The first-order valence-electron chi connectivity index (χ1n) is 4.90. The van der Waals surface area contributed by atoms with Gasteiger partial charge in [0, 0.05) is 11.8 Å². The Hall–Kier alpha value is -0.0800. The largest absolute Gasteiger partial charge is 0.365 e. The summed E-state index contributed by atoms with van der Waals surface area (Å²) in [5, 5.41) is 19.9. The van der Waals surface area contributed by atoms with Crippen molar-refractivity contribution in [3.8, 4) is 0 Å². The molecule has 0 aromatic heterocycles. The van der Waals surface area contributed by atoms with E-state index in [1.807, 2.05) is 13.8 Å². The van der Waals surface area contributed by atoms with E-state index in [2.05, 4.69) is 27.7 Å². The molecule has 1 aliphatic rings. The third kappa shape index (κ3) is 1.08. The molecule has 2 nitrogen and oxygen atoms in total. The molecular formula is C11H22O2. The Morgan fingerprint density at radius 3 is 1.23 bits per heavy atom. The van der Waals surface area contributed by atoms with E-state index in [1.54, 1.807) is 0 Å². The van der Waals surface area contributed by atoms with Crippen molar-refractivity contribution in [3.05, 3.63) is 0 Å². The SMILES string of the molecule is CC1(C)CC(O)(O)C(C)(C)C1(C)C. The second-order valence-electron chi connectivity index (χ2n) is 6.13. The summed E-state index contributed by atoms with van der Waals surface area (Å²) < 4.78 is 0. The van der Waals surface area contributed by atoms with Crippen LogP contribution in [0.4, 0.5) is 0 Å². The third-order valence-corrected chi connectivity index (χ3v) is 4.94. The van der Waals surface area contributed by atoms with Crippen LogP contribution in [0.1, 0.15) is 48.0 Å². The summed E-state index contributed by atoms with van der Waals surface area (Å²) in [4.78, 5) is 0. The Morgan fingerprint density at radius 1 is 0.769 bits per heavy atom. The van der Waals surface area contributed by atoms with Crippen LogP contribution in [0.2, 0.25) is 0 Å². The average Bonchev–Trinajstić information content (AvgIpc) is 1.88. The van der Waals surface area contributed by atoms with Gasteiger partial charge in [-0.25, -0.2) is 0 Å². The molecule has 0 amide bonds. The molecule has 0 saturated heterocycles. The molecule has 1 fully saturated rings. The van der Waals surface area contributed by atoms with Gasteiger partial charge in [-0.3, -0.25) is 0 Å². The topological polar surface area (TPSA) is 40.5 Å². The van der Waals surface area contributed by atoms with Crippen LogP contribution >= 0.6 is 0 Å². The Kier molecular flexibility index (Phi) is 1.94. The smallest absolute Gasteiger partial charge is 0.168 e. The van der Waals surface area contributed by atoms with Crippen molar-refractivity contribution >= 4 is 0 Å². The number of hydrogen-bond acceptors (Lipinski definition) is 2. The van der Waals surface area contributed by atoms with E-state index in [0.717, 1.165) is 0 Å². The lowest BCUT2D eigenvalue weighted by Gasteiger charge is -2.45. The number of aliphatic hydroxyl groups is 2. The Morgan fingerprint density at radius 2 is 1.15 bits per heavy atom. The molecule has 13 heavy (non-hydrogen) atoms. The maximum Gasteiger partial charge on any atom is 0.168 e. The molecule has 0 aromatic carbocycles. The van der Waals surface area contributed by atoms with Gasteiger partial charge in [0.1, 0.15) is 0 Å². The molecule has 0 aliphatic heterocycles. The minimum atomic E-state index is -1.54. The Bertz CT molecular complexity index is 200. The molecule has 0 unspecified atom stereocenters. The fourth-order valence-corrected chi connectivity index (χ4v) is 2.40. The highest BCUT2D eigenvalue weighted by Crippen LogP contribution is 2.65. The first kappa shape index (κ1) is 11.0. The number of hydrogen-bond donors (Lipinski definition) is 2. The lowest BCUT2D eigenvalue weighted by Crippen LogP contribution is -2.46. The van der Waals surface area contributed by atoms with Crippen molar-refractivity contribution in [2.24, 2.45) is 16.2 Å². The molecule has 2 heteroatoms. The molecule has 0 radical (unpaired) electrons. The summed E-state index contributed by atoms with van der Waals surface area (Å²) in [6.45, 7) is 12.3. The normalized spacial score (nSPS) is 33.2. The summed E-state index contributed by atoms with van der Waals surface area (Å²) in [5.74, 6) is -1.54. The first-order chi connectivity index (χ1) is 5.46. The minimum Gasteiger partial charge on any atom is -0.365 e. The van der Waals surface area contributed by atoms with E-state index < -0.39 is 11.2 Å². The van der Waals surface area contributed by atoms with Gasteiger partial charge >= 0.3 is 0 Å². The van der Waals surface area contributed by atoms with E-state index in [0.29, 0.717) is 6.42 Å². The van der Waals surface area contributed by atoms with E-state index in [9.17, 15) is 10.2 Å². The van der Waals surface area contributed by atoms with Gasteiger partial charge in [-0.05, 0) is 10.8 Å². The van der Waals surface area contributed by atoms with Crippen LogP contribution in [0.15, 0.2) is 0 Å². The van der Waals surface area contributed by atoms with Gasteiger partial charge in [0.25, 0.3) is 0 Å². The van der Waals surface area contributed by atoms with Gasteiger partial charge in [0.05, 0.1) is 0 Å². The van der Waals surface area contributed by atoms with Crippen LogP contribution < -0.4 is 0 Å². The molecule has 0 atom stereocenters. The molecule has 2 N–H and O–H groups in total. The van der Waals surface area contributed by atoms with Crippen LogP contribution in [0.25, 0.3) is 0 Å². The quantitative estimate of drug-likeness (QED) is 0.569. The van der Waals surface area contributed by atoms with Gasteiger partial charge < -0.3 is 10.2 Å². The van der Waals surface area contributed by atoms with E-state index >= 15 is 0 Å². The molecule has 0 aromatic rings. The van der Waals surface area contributed by atoms with Gasteiger partial charge in [-0.2, -0.15) is 0 Å². The molecule has 0 heterocycles. The van der Waals surface area contributed by atoms with Crippen molar-refractivity contribution < 1.29 is 10.2 Å². The highest BCUT2D eigenvalue weighted by molar-refractivity contribution is 5.10. The molecule has 78 valence electrons. The zero-order chi connectivity index (χ0) is 10.7. The van der Waals surface area contributed by atoms with Crippen molar-refractivity contribution in [1.29, 1.82) is 0 Å². The zero-order valence-corrected chi connectivity index (χ0v) is 9.60. The maximum atomic E-state index is 9.95. The fourth-order valence-electron chi connectivity index (χ4n) is 2.40. The van der Waals surface area contributed by atoms with Crippen LogP contribution in [-0.4, -0.2) is 16.0 Å². The van der Waals surface area contributed by atoms with Crippen LogP contribution in [0.5, 0.6) is 0 Å². The molecule has 0 bridgehead atoms. The fraction of sp³-hybridized carbons (Fsp3) is 1.00. The second kappa shape index (κ2) is 2.29. The Balaban J connectivity index is 3.24. The van der Waals surface area contributed by atoms with Crippen LogP contribution in [0.3, 0.4) is 0 Å². The van der Waals surface area contributed by atoms with Gasteiger partial charge in [0.2, 0.25) is 0 Å². The second-order valence-corrected chi connectivity index (χ2v) is 6.13. The molecule has 0 spiro atoms. The van der Waals surface area contributed by atoms with Gasteiger partial charge in [-0.1, -0.05) is 41.5 Å². The highest BCUT2D eigenvalue weighted by Gasteiger charge is 2.65. The summed E-state index contributed by atoms with van der Waals surface area (Å²) >= 11 is 0. The van der Waals surface area contributed by atoms with Crippen molar-refractivity contribution in [2.45, 2.75) is 53.8 Å². The average molecular weight is 186 g/mol. The van der Waals surface area contributed by atoms with E-state index in [4.69, 9.17) is 0 Å². The minimum absolute atomic E-state index is 0.0417. The number of rotatable bonds is 0. The summed E-state index contributed by atoms with van der Waals surface area (Å²) in [6, 6.07) is 0. The van der Waals surface area contributed by atoms with Gasteiger partial charge in [0.15, 0.2) is 5.79 Å². The first-order valence-corrected chi connectivity index (χ1v) is 4.90. The molecule has 1 saturated carbocycles. The summed E-state index contributed by atoms with van der Waals surface area (Å²) in [6.07, 6.45) is 0.444. The van der Waals surface area contributed by atoms with Gasteiger partial charge in [-0.15, -0.1) is 0 Å². The summed E-state index contributed by atoms with van der Waals surface area (Å²) in [5.41, 5.74) is -0.590. The lowest BCUT2D eigenvalue weighted by atomic mass is 9.60. The van der Waals surface area contributed by atoms with Crippen LogP contribution in [0, 0.1) is 16.2 Å². The van der Waals surface area contributed by atoms with Crippen molar-refractivity contribution in [3.63, 3.8) is 0 Å². The third-order valence-electron chi connectivity index (χ3n) is 4.94. The van der Waals surface area contributed by atoms with E-state index in [1.165, 1.54) is 0 Å². The van der Waals surface area contributed by atoms with Crippen molar-refractivity contribution in [1.82, 2.24) is 0 Å². The standard InChI is InChI=1S/C11H22O2/c1-8(2)7-11(12,13)10(5,6)9(8,3)4/h12-13H,7H2,1-6H3. The molecule has 1 rings (SSSR count). The summed E-state index contributed by atoms with van der Waals surface area (Å²) in [7, 11) is 0. The van der Waals surface area contributed by atoms with Crippen molar-refractivity contribution in [2.75, 3.05) is 0 Å². The molecular weight excluding hydrogens is 164 g/mol.